The van der Waals surface area contributed by atoms with E-state index in [0.717, 1.165) is 31.4 Å². The first kappa shape index (κ1) is 26.2. The van der Waals surface area contributed by atoms with E-state index in [1.807, 2.05) is 0 Å². The summed E-state index contributed by atoms with van der Waals surface area (Å²) in [5.74, 6) is -0.745. The molecule has 10 heteroatoms. The smallest absolute Gasteiger partial charge is 0.422 e. The molecular formula is C24H23ClF6O3. The highest BCUT2D eigenvalue weighted by Crippen LogP contribution is 2.47. The van der Waals surface area contributed by atoms with Gasteiger partial charge in [-0.2, -0.15) is 26.3 Å². The monoisotopic (exact) mass is 508 g/mol. The number of benzene rings is 2. The molecule has 0 N–H and O–H groups in total. The van der Waals surface area contributed by atoms with Gasteiger partial charge in [0.2, 0.25) is 0 Å². The molecule has 1 aliphatic carbocycles. The van der Waals surface area contributed by atoms with Crippen LogP contribution < -0.4 is 4.74 Å². The lowest BCUT2D eigenvalue weighted by Gasteiger charge is -2.22. The maximum atomic E-state index is 13.0. The van der Waals surface area contributed by atoms with Gasteiger partial charge in [0.15, 0.2) is 6.61 Å². The molecule has 1 aliphatic rings. The fourth-order valence-corrected chi connectivity index (χ4v) is 4.62. The number of halogens is 7. The quantitative estimate of drug-likeness (QED) is 0.283. The third kappa shape index (κ3) is 6.58. The predicted octanol–water partition coefficient (Wildman–Crippen LogP) is 7.80. The van der Waals surface area contributed by atoms with E-state index in [1.165, 1.54) is 18.2 Å². The Morgan fingerprint density at radius 2 is 1.74 bits per heavy atom. The van der Waals surface area contributed by atoms with Gasteiger partial charge in [-0.15, -0.1) is 0 Å². The molecule has 2 aromatic rings. The van der Waals surface area contributed by atoms with E-state index >= 15 is 0 Å². The molecule has 0 spiro atoms. The largest absolute Gasteiger partial charge is 0.482 e. The topological polar surface area (TPSA) is 35.5 Å². The van der Waals surface area contributed by atoms with E-state index in [4.69, 9.17) is 21.1 Å². The number of esters is 1. The minimum absolute atomic E-state index is 0.0440. The number of rotatable bonds is 7. The molecule has 3 rings (SSSR count). The Labute approximate surface area is 198 Å². The molecule has 0 aromatic heterocycles. The Balaban J connectivity index is 2.01. The molecule has 34 heavy (non-hydrogen) atoms. The van der Waals surface area contributed by atoms with Gasteiger partial charge < -0.3 is 9.47 Å². The zero-order chi connectivity index (χ0) is 25.1. The standard InChI is InChI=1S/C24H23ClF6O3/c1-2-33-21(32)12-15-4-3-5-18(15)16-10-19(14-6-8-17(9-7-14)24(29,30)31)22(20(25)11-16)34-13-23(26,27)28/h6-11,15,18H,2-5,12-13H2,1H3. The minimum atomic E-state index is -4.63. The van der Waals surface area contributed by atoms with Crippen LogP contribution in [0.4, 0.5) is 26.3 Å². The maximum absolute atomic E-state index is 13.0. The van der Waals surface area contributed by atoms with Crippen LogP contribution in [0, 0.1) is 5.92 Å². The van der Waals surface area contributed by atoms with Crippen LogP contribution in [0.3, 0.4) is 0 Å². The lowest BCUT2D eigenvalue weighted by Crippen LogP contribution is -2.20. The fourth-order valence-electron chi connectivity index (χ4n) is 4.34. The number of carbonyl (C=O) groups is 1. The maximum Gasteiger partial charge on any atom is 0.422 e. The molecule has 0 radical (unpaired) electrons. The second-order valence-corrected chi connectivity index (χ2v) is 8.57. The molecule has 3 nitrogen and oxygen atoms in total. The summed E-state index contributed by atoms with van der Waals surface area (Å²) in [4.78, 5) is 12.0. The van der Waals surface area contributed by atoms with Crippen molar-refractivity contribution < 1.29 is 40.6 Å². The normalized spacial score (nSPS) is 18.7. The number of hydrogen-bond donors (Lipinski definition) is 0. The van der Waals surface area contributed by atoms with Gasteiger partial charge in [-0.3, -0.25) is 4.79 Å². The summed E-state index contributed by atoms with van der Waals surface area (Å²) in [6.07, 6.45) is -6.65. The number of alkyl halides is 6. The van der Waals surface area contributed by atoms with Crippen LogP contribution in [-0.4, -0.2) is 25.4 Å². The molecule has 0 heterocycles. The van der Waals surface area contributed by atoms with Crippen molar-refractivity contribution in [3.05, 3.63) is 52.5 Å². The first-order valence-electron chi connectivity index (χ1n) is 10.7. The van der Waals surface area contributed by atoms with E-state index in [2.05, 4.69) is 0 Å². The Morgan fingerprint density at radius 3 is 2.32 bits per heavy atom. The zero-order valence-corrected chi connectivity index (χ0v) is 19.0. The molecular weight excluding hydrogens is 486 g/mol. The van der Waals surface area contributed by atoms with Crippen molar-refractivity contribution in [2.24, 2.45) is 5.92 Å². The van der Waals surface area contributed by atoms with Crippen molar-refractivity contribution in [2.75, 3.05) is 13.2 Å². The predicted molar refractivity (Wildman–Crippen MR) is 115 cm³/mol. The summed E-state index contributed by atoms with van der Waals surface area (Å²) in [5.41, 5.74) is 0.184. The lowest BCUT2D eigenvalue weighted by molar-refractivity contribution is -0.153. The Kier molecular flexibility index (Phi) is 8.06. The van der Waals surface area contributed by atoms with Crippen molar-refractivity contribution >= 4 is 17.6 Å². The molecule has 0 aliphatic heterocycles. The minimum Gasteiger partial charge on any atom is -0.482 e. The van der Waals surface area contributed by atoms with Crippen LogP contribution in [0.1, 0.15) is 49.7 Å². The first-order valence-corrected chi connectivity index (χ1v) is 11.1. The Morgan fingerprint density at radius 1 is 1.06 bits per heavy atom. The Bertz CT molecular complexity index is 1000. The number of hydrogen-bond acceptors (Lipinski definition) is 3. The number of ether oxygens (including phenoxy) is 2. The van der Waals surface area contributed by atoms with E-state index < -0.39 is 24.5 Å². The summed E-state index contributed by atoms with van der Waals surface area (Å²) < 4.78 is 87.4. The molecule has 2 unspecified atom stereocenters. The lowest BCUT2D eigenvalue weighted by atomic mass is 9.85. The Hall–Kier alpha value is -2.42. The van der Waals surface area contributed by atoms with Gasteiger partial charge in [0.25, 0.3) is 0 Å². The molecule has 0 amide bonds. The van der Waals surface area contributed by atoms with Gasteiger partial charge in [-0.25, -0.2) is 0 Å². The number of carbonyl (C=O) groups excluding carboxylic acids is 1. The molecule has 1 fully saturated rings. The van der Waals surface area contributed by atoms with Crippen LogP contribution in [-0.2, 0) is 15.7 Å². The van der Waals surface area contributed by atoms with Gasteiger partial charge in [0, 0.05) is 12.0 Å². The van der Waals surface area contributed by atoms with Crippen molar-refractivity contribution in [1.29, 1.82) is 0 Å². The molecule has 0 bridgehead atoms. The average molecular weight is 509 g/mol. The van der Waals surface area contributed by atoms with Crippen LogP contribution in [0.15, 0.2) is 36.4 Å². The first-order chi connectivity index (χ1) is 15.9. The fraction of sp³-hybridized carbons (Fsp3) is 0.458. The van der Waals surface area contributed by atoms with Crippen LogP contribution in [0.2, 0.25) is 5.02 Å². The van der Waals surface area contributed by atoms with Crippen molar-refractivity contribution in [3.8, 4) is 16.9 Å². The van der Waals surface area contributed by atoms with Crippen LogP contribution in [0.25, 0.3) is 11.1 Å². The van der Waals surface area contributed by atoms with E-state index in [0.29, 0.717) is 5.56 Å². The van der Waals surface area contributed by atoms with Crippen LogP contribution >= 0.6 is 11.6 Å². The summed E-state index contributed by atoms with van der Waals surface area (Å²) in [5, 5.41) is -0.0848. The second kappa shape index (κ2) is 10.5. The molecule has 0 saturated heterocycles. The van der Waals surface area contributed by atoms with Gasteiger partial charge in [-0.05, 0) is 67.0 Å². The van der Waals surface area contributed by atoms with Gasteiger partial charge in [0.1, 0.15) is 5.75 Å². The molecule has 2 atom stereocenters. The summed E-state index contributed by atoms with van der Waals surface area (Å²) in [6, 6.07) is 7.14. The van der Waals surface area contributed by atoms with Crippen molar-refractivity contribution in [2.45, 2.75) is 50.9 Å². The third-order valence-corrected chi connectivity index (χ3v) is 6.07. The molecule has 186 valence electrons. The molecule has 1 saturated carbocycles. The highest BCUT2D eigenvalue weighted by Gasteiger charge is 2.34. The van der Waals surface area contributed by atoms with E-state index in [-0.39, 0.29) is 52.7 Å². The third-order valence-electron chi connectivity index (χ3n) is 5.79. The highest BCUT2D eigenvalue weighted by molar-refractivity contribution is 6.32. The SMILES string of the molecule is CCOC(=O)CC1CCCC1c1cc(Cl)c(OCC(F)(F)F)c(-c2ccc(C(F)(F)F)cc2)c1. The molecule has 2 aromatic carbocycles. The van der Waals surface area contributed by atoms with Gasteiger partial charge in [-0.1, -0.05) is 30.2 Å². The highest BCUT2D eigenvalue weighted by atomic mass is 35.5. The zero-order valence-electron chi connectivity index (χ0n) is 18.2. The van der Waals surface area contributed by atoms with Gasteiger partial charge >= 0.3 is 18.3 Å². The van der Waals surface area contributed by atoms with E-state index in [1.54, 1.807) is 13.0 Å². The second-order valence-electron chi connectivity index (χ2n) is 8.16. The summed E-state index contributed by atoms with van der Waals surface area (Å²) >= 11 is 6.33. The summed E-state index contributed by atoms with van der Waals surface area (Å²) in [7, 11) is 0. The average Bonchev–Trinajstić information content (AvgIpc) is 3.19. The van der Waals surface area contributed by atoms with Crippen molar-refractivity contribution in [1.82, 2.24) is 0 Å². The van der Waals surface area contributed by atoms with E-state index in [9.17, 15) is 31.1 Å². The summed E-state index contributed by atoms with van der Waals surface area (Å²) in [6.45, 7) is 0.361. The van der Waals surface area contributed by atoms with Gasteiger partial charge in [0.05, 0.1) is 17.2 Å². The van der Waals surface area contributed by atoms with Crippen LogP contribution in [0.5, 0.6) is 5.75 Å². The van der Waals surface area contributed by atoms with Crippen molar-refractivity contribution in [3.63, 3.8) is 0 Å².